The van der Waals surface area contributed by atoms with Crippen molar-refractivity contribution < 1.29 is 0 Å². The average Bonchev–Trinajstić information content (AvgIpc) is 2.50. The van der Waals surface area contributed by atoms with Gasteiger partial charge in [0.05, 0.1) is 0 Å². The summed E-state index contributed by atoms with van der Waals surface area (Å²) in [5, 5.41) is 0. The molecule has 0 radical (unpaired) electrons. The number of rotatable bonds is 7. The van der Waals surface area contributed by atoms with Crippen LogP contribution in [-0.4, -0.2) is 0 Å². The first kappa shape index (κ1) is 29.7. The van der Waals surface area contributed by atoms with E-state index in [0.717, 1.165) is 5.92 Å². The van der Waals surface area contributed by atoms with Crippen LogP contribution in [0.2, 0.25) is 0 Å². The highest BCUT2D eigenvalue weighted by Gasteiger charge is 2.71. The van der Waals surface area contributed by atoms with Crippen LogP contribution in [0.4, 0.5) is 0 Å². The van der Waals surface area contributed by atoms with E-state index in [4.69, 9.17) is 13.2 Å². The van der Waals surface area contributed by atoms with E-state index in [1.54, 1.807) is 0 Å². The summed E-state index contributed by atoms with van der Waals surface area (Å²) >= 11 is 0. The second kappa shape index (κ2) is 8.80. The Labute approximate surface area is 215 Å². The molecule has 2 aliphatic rings. The van der Waals surface area contributed by atoms with Crippen LogP contribution in [0.3, 0.4) is 0 Å². The third kappa shape index (κ3) is 4.75. The normalized spacial score (nSPS) is 34.6. The second-order valence-corrected chi connectivity index (χ2v) is 17.1. The van der Waals surface area contributed by atoms with Crippen LogP contribution >= 0.6 is 0 Å². The molecule has 0 saturated heterocycles. The first-order valence-electron chi connectivity index (χ1n) is 14.3. The fourth-order valence-corrected chi connectivity index (χ4v) is 11.2. The summed E-state index contributed by atoms with van der Waals surface area (Å²) in [6, 6.07) is 0. The van der Waals surface area contributed by atoms with Crippen molar-refractivity contribution in [2.45, 2.75) is 142 Å². The molecule has 3 unspecified atom stereocenters. The zero-order valence-corrected chi connectivity index (χ0v) is 26.0. The van der Waals surface area contributed by atoms with Crippen molar-refractivity contribution in [3.8, 4) is 0 Å². The van der Waals surface area contributed by atoms with Gasteiger partial charge >= 0.3 is 0 Å². The molecule has 198 valence electrons. The van der Waals surface area contributed by atoms with Gasteiger partial charge in [-0.2, -0.15) is 0 Å². The summed E-state index contributed by atoms with van der Waals surface area (Å²) in [7, 11) is 0. The van der Waals surface area contributed by atoms with Crippen LogP contribution in [-0.2, 0) is 0 Å². The maximum Gasteiger partial charge on any atom is 0.00848 e. The molecule has 34 heavy (non-hydrogen) atoms. The topological polar surface area (TPSA) is 0 Å². The number of hydrogen-bond acceptors (Lipinski definition) is 0. The van der Waals surface area contributed by atoms with Crippen molar-refractivity contribution in [2.24, 2.45) is 49.7 Å². The van der Waals surface area contributed by atoms with Gasteiger partial charge in [0.2, 0.25) is 0 Å². The Hall–Kier alpha value is -0.520. The highest BCUT2D eigenvalue weighted by Crippen LogP contribution is 2.78. The van der Waals surface area contributed by atoms with E-state index >= 15 is 0 Å². The van der Waals surface area contributed by atoms with Crippen LogP contribution < -0.4 is 0 Å². The van der Waals surface area contributed by atoms with Gasteiger partial charge in [0.25, 0.3) is 0 Å². The molecule has 0 N–H and O–H groups in total. The van der Waals surface area contributed by atoms with Crippen LogP contribution in [0.15, 0.2) is 24.3 Å². The SMILES string of the molecule is C=C(C)C1(C2(C(=C)C)C(CC(C)(C)CC(C)C)CC(C)(C)CC2(C)C)CCC(C)(C)CC1(C)C. The second-order valence-electron chi connectivity index (χ2n) is 17.1. The van der Waals surface area contributed by atoms with Crippen molar-refractivity contribution >= 4 is 0 Å². The van der Waals surface area contributed by atoms with Crippen molar-refractivity contribution in [1.82, 2.24) is 0 Å². The third-order valence-electron chi connectivity index (χ3n) is 10.5. The van der Waals surface area contributed by atoms with Gasteiger partial charge in [0, 0.05) is 10.8 Å². The molecule has 2 rings (SSSR count). The lowest BCUT2D eigenvalue weighted by Gasteiger charge is -2.74. The molecule has 0 aromatic heterocycles. The van der Waals surface area contributed by atoms with Gasteiger partial charge in [0.1, 0.15) is 0 Å². The Bertz CT molecular complexity index is 783. The smallest absolute Gasteiger partial charge is 0.00848 e. The minimum atomic E-state index is 0.0373. The molecule has 0 heteroatoms. The molecule has 0 bridgehead atoms. The lowest BCUT2D eigenvalue weighted by Crippen LogP contribution is -2.67. The van der Waals surface area contributed by atoms with Crippen LogP contribution in [0.1, 0.15) is 142 Å². The summed E-state index contributed by atoms with van der Waals surface area (Å²) in [5.41, 5.74) is 4.28. The zero-order chi connectivity index (χ0) is 26.8. The number of allylic oxidation sites excluding steroid dienone is 2. The molecule has 0 aromatic rings. The van der Waals surface area contributed by atoms with Crippen LogP contribution in [0, 0.1) is 49.7 Å². The molecule has 2 aliphatic carbocycles. The van der Waals surface area contributed by atoms with Crippen LogP contribution in [0.25, 0.3) is 0 Å². The first-order valence-corrected chi connectivity index (χ1v) is 14.3. The summed E-state index contributed by atoms with van der Waals surface area (Å²) in [6.45, 7) is 44.8. The van der Waals surface area contributed by atoms with Gasteiger partial charge in [-0.05, 0) is 97.7 Å². The van der Waals surface area contributed by atoms with E-state index in [-0.39, 0.29) is 21.7 Å². The Kier molecular flexibility index (Phi) is 7.69. The fraction of sp³-hybridized carbons (Fsp3) is 0.882. The molecular formula is C34H62. The molecule has 0 amide bonds. The van der Waals surface area contributed by atoms with Crippen molar-refractivity contribution in [3.05, 3.63) is 24.3 Å². The minimum absolute atomic E-state index is 0.0373. The molecule has 3 atom stereocenters. The highest BCUT2D eigenvalue weighted by molar-refractivity contribution is 5.35. The molecular weight excluding hydrogens is 408 g/mol. The van der Waals surface area contributed by atoms with Crippen molar-refractivity contribution in [1.29, 1.82) is 0 Å². The van der Waals surface area contributed by atoms with Crippen LogP contribution in [0.5, 0.6) is 0 Å². The van der Waals surface area contributed by atoms with Gasteiger partial charge in [-0.25, -0.2) is 0 Å². The van der Waals surface area contributed by atoms with E-state index in [0.29, 0.717) is 22.2 Å². The Morgan fingerprint density at radius 3 is 1.71 bits per heavy atom. The predicted octanol–water partition coefficient (Wildman–Crippen LogP) is 11.3. The summed E-state index contributed by atoms with van der Waals surface area (Å²) in [5.74, 6) is 1.33. The largest absolute Gasteiger partial charge is 0.0995 e. The lowest BCUT2D eigenvalue weighted by molar-refractivity contribution is -0.206. The van der Waals surface area contributed by atoms with Gasteiger partial charge in [-0.1, -0.05) is 107 Å². The Morgan fingerprint density at radius 1 is 0.794 bits per heavy atom. The van der Waals surface area contributed by atoms with Gasteiger partial charge in [0.15, 0.2) is 0 Å². The fourth-order valence-electron chi connectivity index (χ4n) is 11.2. The molecule has 0 aromatic carbocycles. The molecule has 2 fully saturated rings. The first-order chi connectivity index (χ1) is 15.0. The molecule has 0 aliphatic heterocycles. The highest BCUT2D eigenvalue weighted by atomic mass is 14.7. The predicted molar refractivity (Wildman–Crippen MR) is 154 cm³/mol. The Morgan fingerprint density at radius 2 is 1.29 bits per heavy atom. The molecule has 0 heterocycles. The van der Waals surface area contributed by atoms with Gasteiger partial charge < -0.3 is 0 Å². The standard InChI is InChI=1S/C34H62/c1-24(2)19-29(9,10)20-27-21-30(11,12)23-32(15,16)34(27,26(5)6)33(25(3)4)18-17-28(7,8)22-31(33,13)14/h24,27H,3,5,17-23H2,1-2,4,6-16H3. The van der Waals surface area contributed by atoms with Gasteiger partial charge in [-0.3, -0.25) is 0 Å². The summed E-state index contributed by atoms with van der Waals surface area (Å²) in [6.07, 6.45) is 8.87. The molecule has 0 spiro atoms. The maximum absolute atomic E-state index is 4.90. The van der Waals surface area contributed by atoms with Crippen molar-refractivity contribution in [3.63, 3.8) is 0 Å². The summed E-state index contributed by atoms with van der Waals surface area (Å²) < 4.78 is 0. The third-order valence-corrected chi connectivity index (χ3v) is 10.5. The molecule has 2 saturated carbocycles. The zero-order valence-electron chi connectivity index (χ0n) is 26.0. The average molecular weight is 471 g/mol. The van der Waals surface area contributed by atoms with E-state index < -0.39 is 0 Å². The quantitative estimate of drug-likeness (QED) is 0.324. The molecule has 0 nitrogen and oxygen atoms in total. The van der Waals surface area contributed by atoms with E-state index in [9.17, 15) is 0 Å². The van der Waals surface area contributed by atoms with Gasteiger partial charge in [-0.15, -0.1) is 0 Å². The van der Waals surface area contributed by atoms with E-state index in [1.807, 2.05) is 0 Å². The number of hydrogen-bond donors (Lipinski definition) is 0. The minimum Gasteiger partial charge on any atom is -0.0995 e. The Balaban J connectivity index is 2.92. The lowest BCUT2D eigenvalue weighted by atomic mass is 9.30. The maximum atomic E-state index is 4.90. The van der Waals surface area contributed by atoms with E-state index in [1.165, 1.54) is 56.1 Å². The monoisotopic (exact) mass is 470 g/mol. The van der Waals surface area contributed by atoms with Crippen molar-refractivity contribution in [2.75, 3.05) is 0 Å². The van der Waals surface area contributed by atoms with E-state index in [2.05, 4.69) is 96.9 Å². The summed E-state index contributed by atoms with van der Waals surface area (Å²) in [4.78, 5) is 0.